The number of Topliss-reactive ketones (excluding diaryl/α,β-unsaturated/α-hetero) is 1. The molecule has 212 valence electrons. The third-order valence-corrected chi connectivity index (χ3v) is 10.2. The Hall–Kier alpha value is -4.87. The highest BCUT2D eigenvalue weighted by atomic mass is 79.9. The van der Waals surface area contributed by atoms with Gasteiger partial charge in [-0.15, -0.1) is 0 Å². The lowest BCUT2D eigenvalue weighted by atomic mass is 9.59. The number of fused-ring (bicyclic) bond motifs is 5. The van der Waals surface area contributed by atoms with Crippen molar-refractivity contribution in [3.05, 3.63) is 172 Å². The van der Waals surface area contributed by atoms with Crippen LogP contribution < -0.4 is 4.90 Å². The summed E-state index contributed by atoms with van der Waals surface area (Å²) in [5.41, 5.74) is 2.47. The summed E-state index contributed by atoms with van der Waals surface area (Å²) in [7, 11) is 0. The Kier molecular flexibility index (Phi) is 5.97. The van der Waals surface area contributed by atoms with Crippen molar-refractivity contribution in [2.24, 2.45) is 11.8 Å². The molecular weight excluding hydrogens is 610 g/mol. The third kappa shape index (κ3) is 3.30. The number of nitrogens with zero attached hydrogens (tertiary/aromatic N) is 1. The molecule has 8 rings (SSSR count). The number of ketones is 1. The van der Waals surface area contributed by atoms with Crippen LogP contribution in [0.25, 0.3) is 11.1 Å². The van der Waals surface area contributed by atoms with Gasteiger partial charge in [0.15, 0.2) is 5.78 Å². The fraction of sp³-hybridized carbons (Fsp3) is 0.103. The van der Waals surface area contributed by atoms with E-state index in [1.807, 2.05) is 133 Å². The lowest BCUT2D eigenvalue weighted by molar-refractivity contribution is -0.130. The topological polar surface area (TPSA) is 54.5 Å². The molecule has 4 atom stereocenters. The van der Waals surface area contributed by atoms with Gasteiger partial charge in [-0.25, -0.2) is 4.90 Å². The fourth-order valence-corrected chi connectivity index (χ4v) is 8.44. The molecule has 2 aliphatic carbocycles. The van der Waals surface area contributed by atoms with Crippen LogP contribution in [0.3, 0.4) is 0 Å². The van der Waals surface area contributed by atoms with Crippen molar-refractivity contribution in [3.63, 3.8) is 0 Å². The zero-order valence-corrected chi connectivity index (χ0v) is 25.1. The van der Waals surface area contributed by atoms with Crippen LogP contribution in [0.5, 0.6) is 0 Å². The highest BCUT2D eigenvalue weighted by Crippen LogP contribution is 2.74. The average Bonchev–Trinajstić information content (AvgIpc) is 3.59. The molecule has 1 heterocycles. The molecule has 5 aromatic carbocycles. The van der Waals surface area contributed by atoms with Crippen molar-refractivity contribution in [1.82, 2.24) is 0 Å². The highest BCUT2D eigenvalue weighted by Gasteiger charge is 2.82. The summed E-state index contributed by atoms with van der Waals surface area (Å²) in [4.78, 5) is 46.9. The van der Waals surface area contributed by atoms with Crippen molar-refractivity contribution in [2.75, 3.05) is 4.90 Å². The lowest BCUT2D eigenvalue weighted by Crippen LogP contribution is -2.45. The molecule has 0 radical (unpaired) electrons. The first-order chi connectivity index (χ1) is 21.5. The first kappa shape index (κ1) is 26.7. The summed E-state index contributed by atoms with van der Waals surface area (Å²) >= 11 is 3.48. The van der Waals surface area contributed by atoms with Gasteiger partial charge in [-0.1, -0.05) is 137 Å². The maximum Gasteiger partial charge on any atom is 0.239 e. The standard InChI is InChI=1S/C39H26BrNO3/c40-29-21-23-30(24-22-29)41-35(42)33-34(36(41)43)39(28-19-11-4-12-20-28)32(26-15-7-2-8-16-26)31(25-13-5-1-6-14-25)38(33,37(39)44)27-17-9-3-10-18-27/h1-24,33-34H/t33-,34-,38-,39+/m1/s1. The molecule has 0 spiro atoms. The number of imide groups is 1. The Bertz CT molecular complexity index is 1850. The molecule has 2 bridgehead atoms. The van der Waals surface area contributed by atoms with E-state index in [-0.39, 0.29) is 17.6 Å². The second-order valence-corrected chi connectivity index (χ2v) is 12.5. The largest absolute Gasteiger partial charge is 0.297 e. The van der Waals surface area contributed by atoms with Crippen LogP contribution in [0.4, 0.5) is 5.69 Å². The van der Waals surface area contributed by atoms with E-state index in [0.717, 1.165) is 37.9 Å². The Morgan fingerprint density at radius 3 is 1.23 bits per heavy atom. The molecule has 2 fully saturated rings. The second kappa shape index (κ2) is 9.83. The van der Waals surface area contributed by atoms with E-state index in [9.17, 15) is 9.59 Å². The minimum Gasteiger partial charge on any atom is -0.297 e. The summed E-state index contributed by atoms with van der Waals surface area (Å²) in [5.74, 6) is -2.68. The summed E-state index contributed by atoms with van der Waals surface area (Å²) in [6, 6.07) is 46.2. The van der Waals surface area contributed by atoms with E-state index in [2.05, 4.69) is 15.9 Å². The molecule has 0 unspecified atom stereocenters. The fourth-order valence-electron chi connectivity index (χ4n) is 8.18. The molecule has 1 saturated heterocycles. The number of benzene rings is 5. The third-order valence-electron chi connectivity index (χ3n) is 9.66. The monoisotopic (exact) mass is 635 g/mol. The van der Waals surface area contributed by atoms with E-state index in [4.69, 9.17) is 0 Å². The number of hydrogen-bond donors (Lipinski definition) is 0. The van der Waals surface area contributed by atoms with Crippen LogP contribution in [0.1, 0.15) is 22.3 Å². The zero-order chi connectivity index (χ0) is 30.1. The molecule has 1 saturated carbocycles. The molecule has 4 nitrogen and oxygen atoms in total. The molecular formula is C39H26BrNO3. The van der Waals surface area contributed by atoms with E-state index in [1.165, 1.54) is 4.90 Å². The van der Waals surface area contributed by atoms with Crippen molar-refractivity contribution < 1.29 is 14.4 Å². The van der Waals surface area contributed by atoms with Gasteiger partial charge in [-0.3, -0.25) is 14.4 Å². The van der Waals surface area contributed by atoms with Gasteiger partial charge in [0.1, 0.15) is 0 Å². The number of amides is 2. The number of anilines is 1. The Labute approximate surface area is 263 Å². The van der Waals surface area contributed by atoms with Gasteiger partial charge in [0.05, 0.1) is 28.4 Å². The quantitative estimate of drug-likeness (QED) is 0.187. The molecule has 5 heteroatoms. The van der Waals surface area contributed by atoms with Gasteiger partial charge >= 0.3 is 0 Å². The smallest absolute Gasteiger partial charge is 0.239 e. The van der Waals surface area contributed by atoms with Crippen molar-refractivity contribution in [2.45, 2.75) is 10.8 Å². The van der Waals surface area contributed by atoms with Crippen LogP contribution in [-0.4, -0.2) is 17.6 Å². The van der Waals surface area contributed by atoms with Crippen molar-refractivity contribution in [3.8, 4) is 0 Å². The van der Waals surface area contributed by atoms with Crippen LogP contribution in [0, 0.1) is 11.8 Å². The number of halogens is 1. The first-order valence-electron chi connectivity index (χ1n) is 14.7. The number of rotatable bonds is 5. The maximum atomic E-state index is 15.8. The van der Waals surface area contributed by atoms with Crippen molar-refractivity contribution >= 4 is 50.4 Å². The number of carbonyl (C=O) groups is 3. The van der Waals surface area contributed by atoms with Gasteiger partial charge in [0.25, 0.3) is 0 Å². The van der Waals surface area contributed by atoms with Crippen LogP contribution >= 0.6 is 15.9 Å². The first-order valence-corrected chi connectivity index (χ1v) is 15.5. The van der Waals surface area contributed by atoms with Crippen LogP contribution in [0.15, 0.2) is 150 Å². The summed E-state index contributed by atoms with van der Waals surface area (Å²) in [6.07, 6.45) is 0. The Morgan fingerprint density at radius 2 is 0.841 bits per heavy atom. The average molecular weight is 637 g/mol. The van der Waals surface area contributed by atoms with Gasteiger partial charge in [0.2, 0.25) is 11.8 Å². The number of hydrogen-bond acceptors (Lipinski definition) is 3. The predicted octanol–water partition coefficient (Wildman–Crippen LogP) is 7.64. The minimum atomic E-state index is -1.40. The Balaban J connectivity index is 1.55. The van der Waals surface area contributed by atoms with E-state index < -0.39 is 22.7 Å². The molecule has 1 aliphatic heterocycles. The summed E-state index contributed by atoms with van der Waals surface area (Å²) in [5, 5.41) is 0. The number of allylic oxidation sites excluding steroid dienone is 2. The van der Waals surface area contributed by atoms with Gasteiger partial charge in [-0.05, 0) is 57.7 Å². The summed E-state index contributed by atoms with van der Waals surface area (Å²) < 4.78 is 0.844. The van der Waals surface area contributed by atoms with Crippen LogP contribution in [-0.2, 0) is 25.2 Å². The molecule has 2 amide bonds. The molecule has 3 aliphatic rings. The molecule has 5 aromatic rings. The SMILES string of the molecule is O=C1[C@H]2[C@H](C(=O)N1c1ccc(Br)cc1)[C@]1(c3ccccc3)C(=O)[C@@]2(c2ccccc2)C(c2ccccc2)=C1c1ccccc1. The van der Waals surface area contributed by atoms with Gasteiger partial charge < -0.3 is 0 Å². The lowest BCUT2D eigenvalue weighted by Gasteiger charge is -2.39. The Morgan fingerprint density at radius 1 is 0.477 bits per heavy atom. The normalized spacial score (nSPS) is 25.6. The van der Waals surface area contributed by atoms with Gasteiger partial charge in [-0.2, -0.15) is 0 Å². The van der Waals surface area contributed by atoms with Crippen molar-refractivity contribution in [1.29, 1.82) is 0 Å². The molecule has 0 N–H and O–H groups in total. The second-order valence-electron chi connectivity index (χ2n) is 11.6. The zero-order valence-electron chi connectivity index (χ0n) is 23.6. The maximum absolute atomic E-state index is 15.8. The predicted molar refractivity (Wildman–Crippen MR) is 175 cm³/mol. The van der Waals surface area contributed by atoms with Gasteiger partial charge in [0, 0.05) is 4.47 Å². The van der Waals surface area contributed by atoms with E-state index in [1.54, 1.807) is 12.1 Å². The summed E-state index contributed by atoms with van der Waals surface area (Å²) in [6.45, 7) is 0. The highest BCUT2D eigenvalue weighted by molar-refractivity contribution is 9.10. The van der Waals surface area contributed by atoms with Crippen LogP contribution in [0.2, 0.25) is 0 Å². The minimum absolute atomic E-state index is 0.118. The van der Waals surface area contributed by atoms with E-state index >= 15 is 4.79 Å². The number of carbonyl (C=O) groups excluding carboxylic acids is 3. The van der Waals surface area contributed by atoms with E-state index in [0.29, 0.717) is 5.69 Å². The molecule has 0 aromatic heterocycles. The molecule has 44 heavy (non-hydrogen) atoms.